The third-order valence-electron chi connectivity index (χ3n) is 8.51. The second kappa shape index (κ2) is 14.1. The highest BCUT2D eigenvalue weighted by molar-refractivity contribution is 5.05. The van der Waals surface area contributed by atoms with E-state index in [0.29, 0.717) is 0 Å². The van der Waals surface area contributed by atoms with E-state index in [4.69, 9.17) is 0 Å². The van der Waals surface area contributed by atoms with Gasteiger partial charge in [0.05, 0.1) is 0 Å². The van der Waals surface area contributed by atoms with Gasteiger partial charge in [0.15, 0.2) is 0 Å². The van der Waals surface area contributed by atoms with Crippen molar-refractivity contribution in [2.45, 2.75) is 97.3 Å². The lowest BCUT2D eigenvalue weighted by molar-refractivity contribution is 0.603. The van der Waals surface area contributed by atoms with Crippen molar-refractivity contribution >= 4 is 0 Å². The molecular formula is C32H50. The van der Waals surface area contributed by atoms with Crippen molar-refractivity contribution in [1.29, 1.82) is 0 Å². The summed E-state index contributed by atoms with van der Waals surface area (Å²) in [6.07, 6.45) is 39.9. The molecule has 6 atom stereocenters. The van der Waals surface area contributed by atoms with Crippen molar-refractivity contribution in [3.8, 4) is 0 Å². The lowest BCUT2D eigenvalue weighted by Gasteiger charge is -2.08. The average molecular weight is 435 g/mol. The van der Waals surface area contributed by atoms with E-state index in [0.717, 1.165) is 41.4 Å². The fraction of sp³-hybridized carbons (Fsp3) is 0.688. The van der Waals surface area contributed by atoms with Gasteiger partial charge in [0, 0.05) is 0 Å². The third kappa shape index (κ3) is 8.57. The Balaban J connectivity index is 0.000000352. The summed E-state index contributed by atoms with van der Waals surface area (Å²) in [6.45, 7) is 8.05. The molecule has 0 heterocycles. The standard InChI is InChI=1S/C25H38.C7H12/c1-3-5-20-7-9-22(17-20)11-13-24-15-16-25(19-24)14-12-23-10-8-21(18-23)6-4-2;1-2-7-5-3-4-6-7/h3-6,11-14,20-25H,7-10,15-19H2,1-2H3;2,7H,1,3-6H2/b5-3+,6-4+,13-11+,14-12+;. The SMILES string of the molecule is C/C=C/C1CCC(/C=C/C2CCC(/C=C/C3CCC(/C=C/C)C3)C2)C1.C=CC1CCCC1. The van der Waals surface area contributed by atoms with Gasteiger partial charge >= 0.3 is 0 Å². The summed E-state index contributed by atoms with van der Waals surface area (Å²) in [4.78, 5) is 0. The highest BCUT2D eigenvalue weighted by atomic mass is 14.3. The first kappa shape index (κ1) is 25.3. The van der Waals surface area contributed by atoms with Crippen LogP contribution >= 0.6 is 0 Å². The third-order valence-corrected chi connectivity index (χ3v) is 8.51. The van der Waals surface area contributed by atoms with Crippen molar-refractivity contribution in [3.63, 3.8) is 0 Å². The summed E-state index contributed by atoms with van der Waals surface area (Å²) in [7, 11) is 0. The predicted molar refractivity (Wildman–Crippen MR) is 143 cm³/mol. The fourth-order valence-corrected chi connectivity index (χ4v) is 6.57. The zero-order valence-corrected chi connectivity index (χ0v) is 21.1. The van der Waals surface area contributed by atoms with Gasteiger partial charge in [0.1, 0.15) is 0 Å². The zero-order valence-electron chi connectivity index (χ0n) is 21.1. The van der Waals surface area contributed by atoms with E-state index in [1.165, 1.54) is 83.5 Å². The molecule has 0 amide bonds. The molecule has 4 fully saturated rings. The molecule has 32 heavy (non-hydrogen) atoms. The van der Waals surface area contributed by atoms with E-state index in [1.54, 1.807) is 0 Å². The van der Waals surface area contributed by atoms with Crippen LogP contribution in [0.2, 0.25) is 0 Å². The normalized spacial score (nSPS) is 36.2. The van der Waals surface area contributed by atoms with E-state index in [1.807, 2.05) is 0 Å². The van der Waals surface area contributed by atoms with Crippen LogP contribution in [0.5, 0.6) is 0 Å². The molecule has 0 aliphatic heterocycles. The molecule has 4 aliphatic rings. The van der Waals surface area contributed by atoms with Gasteiger partial charge < -0.3 is 0 Å². The lowest BCUT2D eigenvalue weighted by atomic mass is 9.98. The molecule has 4 aliphatic carbocycles. The quantitative estimate of drug-likeness (QED) is 0.350. The molecule has 0 aromatic rings. The number of hydrogen-bond donors (Lipinski definition) is 0. The van der Waals surface area contributed by atoms with Gasteiger partial charge in [-0.3, -0.25) is 0 Å². The van der Waals surface area contributed by atoms with Gasteiger partial charge in [-0.05, 0) is 126 Å². The molecule has 0 aromatic carbocycles. The van der Waals surface area contributed by atoms with Gasteiger partial charge in [0.25, 0.3) is 0 Å². The van der Waals surface area contributed by atoms with E-state index in [-0.39, 0.29) is 0 Å². The van der Waals surface area contributed by atoms with Crippen LogP contribution in [0.3, 0.4) is 0 Å². The highest BCUT2D eigenvalue weighted by Crippen LogP contribution is 2.38. The van der Waals surface area contributed by atoms with Gasteiger partial charge in [0.2, 0.25) is 0 Å². The first-order valence-corrected chi connectivity index (χ1v) is 13.9. The molecule has 0 nitrogen and oxygen atoms in total. The summed E-state index contributed by atoms with van der Waals surface area (Å²) < 4.78 is 0. The summed E-state index contributed by atoms with van der Waals surface area (Å²) in [5, 5.41) is 0. The summed E-state index contributed by atoms with van der Waals surface area (Å²) in [5.74, 6) is 5.92. The van der Waals surface area contributed by atoms with Crippen LogP contribution in [-0.4, -0.2) is 0 Å². The largest absolute Gasteiger partial charge is 0.103 e. The molecule has 0 heteroatoms. The van der Waals surface area contributed by atoms with Crippen LogP contribution in [0, 0.1) is 41.4 Å². The Morgan fingerprint density at radius 1 is 0.438 bits per heavy atom. The number of allylic oxidation sites excluding steroid dienone is 9. The molecule has 4 saturated carbocycles. The maximum Gasteiger partial charge on any atom is -0.0228 e. The summed E-state index contributed by atoms with van der Waals surface area (Å²) in [5.41, 5.74) is 0. The van der Waals surface area contributed by atoms with Gasteiger partial charge in [-0.15, -0.1) is 6.58 Å². The lowest BCUT2D eigenvalue weighted by Crippen LogP contribution is -1.95. The second-order valence-corrected chi connectivity index (χ2v) is 11.1. The van der Waals surface area contributed by atoms with E-state index >= 15 is 0 Å². The molecule has 0 spiro atoms. The fourth-order valence-electron chi connectivity index (χ4n) is 6.57. The Morgan fingerprint density at radius 2 is 0.750 bits per heavy atom. The van der Waals surface area contributed by atoms with Crippen LogP contribution in [0.25, 0.3) is 0 Å². The second-order valence-electron chi connectivity index (χ2n) is 11.1. The van der Waals surface area contributed by atoms with Crippen LogP contribution in [0.4, 0.5) is 0 Å². The maximum absolute atomic E-state index is 3.74. The first-order valence-electron chi connectivity index (χ1n) is 13.9. The van der Waals surface area contributed by atoms with E-state index in [2.05, 4.69) is 75.1 Å². The summed E-state index contributed by atoms with van der Waals surface area (Å²) in [6, 6.07) is 0. The highest BCUT2D eigenvalue weighted by Gasteiger charge is 2.25. The van der Waals surface area contributed by atoms with Crippen molar-refractivity contribution in [1.82, 2.24) is 0 Å². The molecule has 0 saturated heterocycles. The van der Waals surface area contributed by atoms with Crippen LogP contribution in [0.15, 0.2) is 61.3 Å². The van der Waals surface area contributed by atoms with Crippen LogP contribution < -0.4 is 0 Å². The average Bonchev–Trinajstić information content (AvgIpc) is 3.60. The Kier molecular flexibility index (Phi) is 11.1. The Hall–Kier alpha value is -1.30. The number of rotatable bonds is 7. The van der Waals surface area contributed by atoms with E-state index < -0.39 is 0 Å². The van der Waals surface area contributed by atoms with Crippen LogP contribution in [-0.2, 0) is 0 Å². The van der Waals surface area contributed by atoms with Crippen molar-refractivity contribution in [3.05, 3.63) is 61.3 Å². The molecule has 6 unspecified atom stereocenters. The molecule has 0 N–H and O–H groups in total. The molecular weight excluding hydrogens is 384 g/mol. The topological polar surface area (TPSA) is 0 Å². The minimum Gasteiger partial charge on any atom is -0.103 e. The molecule has 0 bridgehead atoms. The van der Waals surface area contributed by atoms with Crippen molar-refractivity contribution in [2.24, 2.45) is 41.4 Å². The van der Waals surface area contributed by atoms with E-state index in [9.17, 15) is 0 Å². The molecule has 0 radical (unpaired) electrons. The van der Waals surface area contributed by atoms with Gasteiger partial charge in [-0.25, -0.2) is 0 Å². The Morgan fingerprint density at radius 3 is 1.00 bits per heavy atom. The summed E-state index contributed by atoms with van der Waals surface area (Å²) >= 11 is 0. The molecule has 0 aromatic heterocycles. The Bertz CT molecular complexity index is 595. The van der Waals surface area contributed by atoms with Gasteiger partial charge in [-0.2, -0.15) is 0 Å². The van der Waals surface area contributed by atoms with Crippen molar-refractivity contribution < 1.29 is 0 Å². The zero-order chi connectivity index (χ0) is 22.6. The Labute approximate surface area is 200 Å². The van der Waals surface area contributed by atoms with Crippen LogP contribution in [0.1, 0.15) is 97.3 Å². The first-order chi connectivity index (χ1) is 15.7. The van der Waals surface area contributed by atoms with Crippen molar-refractivity contribution in [2.75, 3.05) is 0 Å². The maximum atomic E-state index is 3.74. The minimum absolute atomic E-state index is 0.842. The predicted octanol–water partition coefficient (Wildman–Crippen LogP) is 9.86. The number of hydrogen-bond acceptors (Lipinski definition) is 0. The van der Waals surface area contributed by atoms with Gasteiger partial charge in [-0.1, -0.05) is 67.5 Å². The monoisotopic (exact) mass is 434 g/mol. The minimum atomic E-state index is 0.842. The smallest absolute Gasteiger partial charge is 0.0228 e. The molecule has 178 valence electrons. The molecule has 4 rings (SSSR count).